The third kappa shape index (κ3) is 3.98. The van der Waals surface area contributed by atoms with Crippen molar-refractivity contribution < 1.29 is 35.1 Å². The number of sulfonamides is 1. The predicted octanol–water partition coefficient (Wildman–Crippen LogP) is 1.02. The average molecular weight is 321 g/mol. The molecule has 1 rings (SSSR count). The molecule has 0 aromatic carbocycles. The van der Waals surface area contributed by atoms with Gasteiger partial charge in [-0.15, -0.1) is 13.2 Å². The van der Waals surface area contributed by atoms with Crippen LogP contribution < -0.4 is 15.6 Å². The number of rotatable bonds is 4. The molecule has 1 aromatic rings. The SMILES string of the molecule is NCc1cc(OC(F)(F)F)nc(S(N)(=O)=O)c1C(F)F. The fraction of sp³-hybridized carbons (Fsp3) is 0.375. The second-order valence-electron chi connectivity index (χ2n) is 3.44. The van der Waals surface area contributed by atoms with E-state index in [0.717, 1.165) is 0 Å². The maximum atomic E-state index is 12.8. The second kappa shape index (κ2) is 5.46. The monoisotopic (exact) mass is 321 g/mol. The lowest BCUT2D eigenvalue weighted by atomic mass is 10.1. The molecule has 20 heavy (non-hydrogen) atoms. The average Bonchev–Trinajstić information content (AvgIpc) is 2.23. The smallest absolute Gasteiger partial charge is 0.388 e. The highest BCUT2D eigenvalue weighted by Crippen LogP contribution is 2.32. The fourth-order valence-corrected chi connectivity index (χ4v) is 2.09. The zero-order chi connectivity index (χ0) is 15.7. The van der Waals surface area contributed by atoms with Crippen molar-refractivity contribution in [2.24, 2.45) is 10.9 Å². The van der Waals surface area contributed by atoms with Gasteiger partial charge in [-0.25, -0.2) is 22.3 Å². The Morgan fingerprint density at radius 3 is 2.25 bits per heavy atom. The molecule has 4 N–H and O–H groups in total. The largest absolute Gasteiger partial charge is 0.574 e. The van der Waals surface area contributed by atoms with Crippen LogP contribution in [0.4, 0.5) is 22.0 Å². The van der Waals surface area contributed by atoms with E-state index < -0.39 is 51.4 Å². The van der Waals surface area contributed by atoms with E-state index in [9.17, 15) is 30.4 Å². The Hall–Kier alpha value is -1.53. The maximum Gasteiger partial charge on any atom is 0.574 e. The minimum Gasteiger partial charge on any atom is -0.388 e. The van der Waals surface area contributed by atoms with Crippen LogP contribution in [0.5, 0.6) is 5.88 Å². The Balaban J connectivity index is 3.57. The van der Waals surface area contributed by atoms with Crippen molar-refractivity contribution >= 4 is 10.0 Å². The van der Waals surface area contributed by atoms with Gasteiger partial charge in [-0.1, -0.05) is 0 Å². The summed E-state index contributed by atoms with van der Waals surface area (Å²) in [7, 11) is -4.78. The molecule has 6 nitrogen and oxygen atoms in total. The van der Waals surface area contributed by atoms with E-state index in [4.69, 9.17) is 5.73 Å². The number of ether oxygens (including phenoxy) is 1. The molecule has 0 saturated heterocycles. The molecule has 1 aromatic heterocycles. The summed E-state index contributed by atoms with van der Waals surface area (Å²) < 4.78 is 87.4. The first kappa shape index (κ1) is 16.5. The van der Waals surface area contributed by atoms with Gasteiger partial charge in [0, 0.05) is 12.6 Å². The maximum absolute atomic E-state index is 12.8. The molecule has 0 atom stereocenters. The molecular weight excluding hydrogens is 313 g/mol. The highest BCUT2D eigenvalue weighted by atomic mass is 32.2. The summed E-state index contributed by atoms with van der Waals surface area (Å²) in [5.41, 5.74) is 3.38. The number of alkyl halides is 5. The van der Waals surface area contributed by atoms with Gasteiger partial charge in [-0.2, -0.15) is 4.98 Å². The van der Waals surface area contributed by atoms with Gasteiger partial charge >= 0.3 is 6.36 Å². The summed E-state index contributed by atoms with van der Waals surface area (Å²) in [5, 5.41) is 3.24. The number of nitrogens with two attached hydrogens (primary N) is 2. The standard InChI is InChI=1S/C8H8F5N3O3S/c9-6(10)5-3(2-14)1-4(19-8(11,12)13)16-7(5)20(15,17)18/h1,6H,2,14H2,(H2,15,17,18). The Morgan fingerprint density at radius 2 is 1.90 bits per heavy atom. The lowest BCUT2D eigenvalue weighted by Gasteiger charge is -2.14. The Bertz CT molecular complexity index is 602. The van der Waals surface area contributed by atoms with Crippen LogP contribution >= 0.6 is 0 Å². The van der Waals surface area contributed by atoms with Gasteiger partial charge in [-0.3, -0.25) is 0 Å². The number of hydrogen-bond acceptors (Lipinski definition) is 5. The topological polar surface area (TPSA) is 108 Å². The van der Waals surface area contributed by atoms with Crippen molar-refractivity contribution in [3.8, 4) is 5.88 Å². The molecule has 0 bridgehead atoms. The summed E-state index contributed by atoms with van der Waals surface area (Å²) in [5.74, 6) is -1.24. The fourth-order valence-electron chi connectivity index (χ4n) is 1.35. The van der Waals surface area contributed by atoms with Crippen LogP contribution in [0.25, 0.3) is 0 Å². The summed E-state index contributed by atoms with van der Waals surface area (Å²) in [6, 6.07) is 0.476. The van der Waals surface area contributed by atoms with E-state index in [1.165, 1.54) is 0 Å². The highest BCUT2D eigenvalue weighted by molar-refractivity contribution is 7.89. The first-order chi connectivity index (χ1) is 8.95. The normalized spacial score (nSPS) is 12.8. The molecule has 114 valence electrons. The number of halogens is 5. The first-order valence-corrected chi connectivity index (χ1v) is 6.31. The number of pyridine rings is 1. The van der Waals surface area contributed by atoms with Gasteiger partial charge in [0.15, 0.2) is 5.03 Å². The molecule has 0 aliphatic heterocycles. The van der Waals surface area contributed by atoms with E-state index in [0.29, 0.717) is 6.07 Å². The Morgan fingerprint density at radius 1 is 1.35 bits per heavy atom. The van der Waals surface area contributed by atoms with Crippen LogP contribution in [0.3, 0.4) is 0 Å². The van der Waals surface area contributed by atoms with Crippen molar-refractivity contribution in [2.75, 3.05) is 0 Å². The Kier molecular flexibility index (Phi) is 4.51. The summed E-state index contributed by atoms with van der Waals surface area (Å²) in [6.07, 6.45) is -8.52. The van der Waals surface area contributed by atoms with Crippen molar-refractivity contribution in [3.63, 3.8) is 0 Å². The minimum absolute atomic E-state index is 0.476. The number of nitrogens with zero attached hydrogens (tertiary/aromatic N) is 1. The van der Waals surface area contributed by atoms with Gasteiger partial charge in [0.05, 0.1) is 5.56 Å². The molecule has 1 heterocycles. The molecule has 0 fully saturated rings. The van der Waals surface area contributed by atoms with E-state index >= 15 is 0 Å². The van der Waals surface area contributed by atoms with Crippen LogP contribution in [0, 0.1) is 0 Å². The lowest BCUT2D eigenvalue weighted by Crippen LogP contribution is -2.22. The molecule has 0 spiro atoms. The van der Waals surface area contributed by atoms with Crippen molar-refractivity contribution in [1.29, 1.82) is 0 Å². The van der Waals surface area contributed by atoms with Gasteiger partial charge in [0.1, 0.15) is 0 Å². The van der Waals surface area contributed by atoms with Crippen LogP contribution in [0.15, 0.2) is 11.1 Å². The molecule has 0 unspecified atom stereocenters. The highest BCUT2D eigenvalue weighted by Gasteiger charge is 2.34. The third-order valence-electron chi connectivity index (χ3n) is 2.01. The van der Waals surface area contributed by atoms with Crippen molar-refractivity contribution in [3.05, 3.63) is 17.2 Å². The zero-order valence-electron chi connectivity index (χ0n) is 9.49. The zero-order valence-corrected chi connectivity index (χ0v) is 10.3. The molecule has 0 aliphatic rings. The number of aromatic nitrogens is 1. The first-order valence-electron chi connectivity index (χ1n) is 4.76. The second-order valence-corrected chi connectivity index (χ2v) is 4.91. The molecule has 12 heteroatoms. The van der Waals surface area contributed by atoms with Crippen molar-refractivity contribution in [1.82, 2.24) is 4.98 Å². The van der Waals surface area contributed by atoms with Gasteiger partial charge in [0.2, 0.25) is 5.88 Å². The third-order valence-corrected chi connectivity index (χ3v) is 2.86. The summed E-state index contributed by atoms with van der Waals surface area (Å²) >= 11 is 0. The van der Waals surface area contributed by atoms with Crippen LogP contribution in [0.2, 0.25) is 0 Å². The van der Waals surface area contributed by atoms with Crippen molar-refractivity contribution in [2.45, 2.75) is 24.4 Å². The van der Waals surface area contributed by atoms with Crippen LogP contribution in [0.1, 0.15) is 17.6 Å². The minimum atomic E-state index is -5.18. The number of primary sulfonamides is 1. The van der Waals surface area contributed by atoms with E-state index in [1.54, 1.807) is 0 Å². The van der Waals surface area contributed by atoms with Crippen LogP contribution in [-0.4, -0.2) is 19.8 Å². The van der Waals surface area contributed by atoms with Gasteiger partial charge in [0.25, 0.3) is 16.4 Å². The molecule has 0 saturated carbocycles. The summed E-state index contributed by atoms with van der Waals surface area (Å²) in [6.45, 7) is -0.654. The molecular formula is C8H8F5N3O3S. The molecule has 0 radical (unpaired) electrons. The number of hydrogen-bond donors (Lipinski definition) is 2. The predicted molar refractivity (Wildman–Crippen MR) is 55.1 cm³/mol. The van der Waals surface area contributed by atoms with Gasteiger partial charge in [-0.05, 0) is 5.56 Å². The lowest BCUT2D eigenvalue weighted by molar-refractivity contribution is -0.276. The molecule has 0 aliphatic carbocycles. The van der Waals surface area contributed by atoms with Gasteiger partial charge < -0.3 is 10.5 Å². The van der Waals surface area contributed by atoms with Crippen LogP contribution in [-0.2, 0) is 16.6 Å². The summed E-state index contributed by atoms with van der Waals surface area (Å²) in [4.78, 5) is 2.87. The van der Waals surface area contributed by atoms with E-state index in [1.807, 2.05) is 0 Å². The Labute approximate surface area is 109 Å². The molecule has 0 amide bonds. The van der Waals surface area contributed by atoms with E-state index in [-0.39, 0.29) is 0 Å². The quantitative estimate of drug-likeness (QED) is 0.805. The van der Waals surface area contributed by atoms with E-state index in [2.05, 4.69) is 14.9 Å².